The molecule has 0 bridgehead atoms. The minimum Gasteiger partial charge on any atom is -0.468 e. The molecule has 0 fully saturated rings. The van der Waals surface area contributed by atoms with Crippen LogP contribution in [0.4, 0.5) is 0 Å². The van der Waals surface area contributed by atoms with Crippen molar-refractivity contribution in [1.29, 1.82) is 0 Å². The molecule has 0 spiro atoms. The van der Waals surface area contributed by atoms with E-state index in [0.717, 1.165) is 39.0 Å². The molecule has 0 heterocycles. The van der Waals surface area contributed by atoms with Gasteiger partial charge in [0.1, 0.15) is 6.04 Å². The van der Waals surface area contributed by atoms with E-state index in [4.69, 9.17) is 4.74 Å². The molecule has 0 radical (unpaired) electrons. The number of carbonyl (C=O) groups excluding carboxylic acids is 1. The molecule has 0 aromatic rings. The Kier molecular flexibility index (Phi) is 9.52. The Balaban J connectivity index is 3.20. The smallest absolute Gasteiger partial charge is 0.322 e. The van der Waals surface area contributed by atoms with E-state index in [1.807, 2.05) is 0 Å². The summed E-state index contributed by atoms with van der Waals surface area (Å²) in [6, 6.07) is -0.231. The zero-order valence-electron chi connectivity index (χ0n) is 10.0. The average molecular weight is 217 g/mol. The van der Waals surface area contributed by atoms with Gasteiger partial charge in [-0.15, -0.1) is 0 Å². The van der Waals surface area contributed by atoms with E-state index >= 15 is 0 Å². The Bertz CT molecular complexity index is 162. The van der Waals surface area contributed by atoms with Crippen molar-refractivity contribution in [2.24, 2.45) is 0 Å². The van der Waals surface area contributed by atoms with Crippen LogP contribution < -0.4 is 5.32 Å². The molecular formula is C11H23NO3. The van der Waals surface area contributed by atoms with E-state index in [1.165, 1.54) is 7.11 Å². The summed E-state index contributed by atoms with van der Waals surface area (Å²) in [4.78, 5) is 11.0. The van der Waals surface area contributed by atoms with Crippen molar-refractivity contribution < 1.29 is 14.3 Å². The third kappa shape index (κ3) is 8.39. The molecule has 15 heavy (non-hydrogen) atoms. The predicted molar refractivity (Wildman–Crippen MR) is 59.8 cm³/mol. The van der Waals surface area contributed by atoms with E-state index in [1.54, 1.807) is 6.92 Å². The van der Waals surface area contributed by atoms with E-state index < -0.39 is 0 Å². The summed E-state index contributed by atoms with van der Waals surface area (Å²) in [6.07, 6.45) is 3.20. The number of ether oxygens (including phenoxy) is 2. The first-order valence-corrected chi connectivity index (χ1v) is 5.61. The second kappa shape index (κ2) is 9.93. The van der Waals surface area contributed by atoms with Crippen LogP contribution >= 0.6 is 0 Å². The van der Waals surface area contributed by atoms with Crippen LogP contribution in [0.25, 0.3) is 0 Å². The van der Waals surface area contributed by atoms with Crippen molar-refractivity contribution >= 4 is 5.97 Å². The van der Waals surface area contributed by atoms with Crippen molar-refractivity contribution in [3.05, 3.63) is 0 Å². The van der Waals surface area contributed by atoms with Crippen molar-refractivity contribution in [2.45, 2.75) is 39.2 Å². The van der Waals surface area contributed by atoms with E-state index in [0.29, 0.717) is 0 Å². The van der Waals surface area contributed by atoms with Gasteiger partial charge in [0.2, 0.25) is 0 Å². The van der Waals surface area contributed by atoms with Gasteiger partial charge in [0.15, 0.2) is 0 Å². The molecular weight excluding hydrogens is 194 g/mol. The molecule has 0 aromatic carbocycles. The van der Waals surface area contributed by atoms with E-state index in [-0.39, 0.29) is 12.0 Å². The van der Waals surface area contributed by atoms with Gasteiger partial charge in [0.05, 0.1) is 7.11 Å². The molecule has 1 atom stereocenters. The monoisotopic (exact) mass is 217 g/mol. The van der Waals surface area contributed by atoms with Gasteiger partial charge in [-0.25, -0.2) is 0 Å². The Morgan fingerprint density at radius 1 is 1.33 bits per heavy atom. The molecule has 1 N–H and O–H groups in total. The molecule has 0 aromatic heterocycles. The summed E-state index contributed by atoms with van der Waals surface area (Å²) >= 11 is 0. The van der Waals surface area contributed by atoms with E-state index in [2.05, 4.69) is 17.0 Å². The highest BCUT2D eigenvalue weighted by molar-refractivity contribution is 5.74. The Morgan fingerprint density at radius 3 is 2.60 bits per heavy atom. The number of nitrogens with one attached hydrogen (secondary N) is 1. The summed E-state index contributed by atoms with van der Waals surface area (Å²) in [5.41, 5.74) is 0. The highest BCUT2D eigenvalue weighted by Gasteiger charge is 2.10. The largest absolute Gasteiger partial charge is 0.468 e. The molecule has 4 heteroatoms. The number of methoxy groups -OCH3 is 1. The quantitative estimate of drug-likeness (QED) is 0.468. The van der Waals surface area contributed by atoms with Crippen LogP contribution in [0.1, 0.15) is 33.1 Å². The molecule has 0 aliphatic heterocycles. The fourth-order valence-electron chi connectivity index (χ4n) is 1.10. The first-order valence-electron chi connectivity index (χ1n) is 5.61. The maximum Gasteiger partial charge on any atom is 0.322 e. The summed E-state index contributed by atoms with van der Waals surface area (Å²) in [5, 5.41) is 3.07. The lowest BCUT2D eigenvalue weighted by molar-refractivity contribution is -0.142. The maximum atomic E-state index is 11.0. The lowest BCUT2D eigenvalue weighted by Crippen LogP contribution is -2.35. The Labute approximate surface area is 92.3 Å². The van der Waals surface area contributed by atoms with Crippen LogP contribution in [-0.2, 0) is 14.3 Å². The normalized spacial score (nSPS) is 12.5. The van der Waals surface area contributed by atoms with Gasteiger partial charge in [-0.2, -0.15) is 0 Å². The minimum atomic E-state index is -0.231. The van der Waals surface area contributed by atoms with Gasteiger partial charge in [0, 0.05) is 13.2 Å². The topological polar surface area (TPSA) is 47.6 Å². The number of hydrogen-bond donors (Lipinski definition) is 1. The third-order valence-corrected chi connectivity index (χ3v) is 2.11. The highest BCUT2D eigenvalue weighted by Crippen LogP contribution is 1.90. The van der Waals surface area contributed by atoms with Crippen LogP contribution in [0.5, 0.6) is 0 Å². The van der Waals surface area contributed by atoms with Gasteiger partial charge in [0.25, 0.3) is 0 Å². The first kappa shape index (κ1) is 14.4. The van der Waals surface area contributed by atoms with Crippen LogP contribution in [0.3, 0.4) is 0 Å². The Hall–Kier alpha value is -0.610. The summed E-state index contributed by atoms with van der Waals surface area (Å²) in [7, 11) is 1.40. The second-order valence-corrected chi connectivity index (χ2v) is 3.52. The maximum absolute atomic E-state index is 11.0. The number of esters is 1. The van der Waals surface area contributed by atoms with Crippen LogP contribution in [0, 0.1) is 0 Å². The molecule has 0 saturated heterocycles. The van der Waals surface area contributed by atoms with Gasteiger partial charge in [-0.1, -0.05) is 13.3 Å². The molecule has 0 amide bonds. The number of rotatable bonds is 9. The van der Waals surface area contributed by atoms with Crippen LogP contribution in [0.2, 0.25) is 0 Å². The van der Waals surface area contributed by atoms with Crippen molar-refractivity contribution in [1.82, 2.24) is 5.32 Å². The fourth-order valence-corrected chi connectivity index (χ4v) is 1.10. The van der Waals surface area contributed by atoms with Crippen molar-refractivity contribution in [3.63, 3.8) is 0 Å². The van der Waals surface area contributed by atoms with Gasteiger partial charge in [-0.05, 0) is 26.3 Å². The zero-order valence-corrected chi connectivity index (χ0v) is 10.0. The molecule has 0 saturated carbocycles. The third-order valence-electron chi connectivity index (χ3n) is 2.11. The average Bonchev–Trinajstić information content (AvgIpc) is 2.26. The molecule has 1 unspecified atom stereocenters. The predicted octanol–water partition coefficient (Wildman–Crippen LogP) is 1.34. The minimum absolute atomic E-state index is 0.220. The molecule has 0 aliphatic carbocycles. The standard InChI is InChI=1S/C11H23NO3/c1-4-5-8-15-9-6-7-12-10(2)11(13)14-3/h10,12H,4-9H2,1-3H3. The molecule has 0 rings (SSSR count). The van der Waals surface area contributed by atoms with E-state index in [9.17, 15) is 4.79 Å². The Morgan fingerprint density at radius 2 is 2.00 bits per heavy atom. The number of unbranched alkanes of at least 4 members (excludes halogenated alkanes) is 1. The highest BCUT2D eigenvalue weighted by atomic mass is 16.5. The SMILES string of the molecule is CCCCOCCCNC(C)C(=O)OC. The number of hydrogen-bond acceptors (Lipinski definition) is 4. The van der Waals surface area contributed by atoms with Crippen molar-refractivity contribution in [3.8, 4) is 0 Å². The van der Waals surface area contributed by atoms with Gasteiger partial charge < -0.3 is 14.8 Å². The number of carbonyl (C=O) groups is 1. The van der Waals surface area contributed by atoms with Crippen molar-refractivity contribution in [2.75, 3.05) is 26.9 Å². The lowest BCUT2D eigenvalue weighted by atomic mass is 10.3. The summed E-state index contributed by atoms with van der Waals surface area (Å²) in [5.74, 6) is -0.220. The van der Waals surface area contributed by atoms with Gasteiger partial charge in [-0.3, -0.25) is 4.79 Å². The van der Waals surface area contributed by atoms with Crippen LogP contribution in [0.15, 0.2) is 0 Å². The summed E-state index contributed by atoms with van der Waals surface area (Å²) < 4.78 is 9.98. The van der Waals surface area contributed by atoms with Gasteiger partial charge >= 0.3 is 5.97 Å². The summed E-state index contributed by atoms with van der Waals surface area (Å²) in [6.45, 7) is 6.30. The second-order valence-electron chi connectivity index (χ2n) is 3.52. The molecule has 4 nitrogen and oxygen atoms in total. The lowest BCUT2D eigenvalue weighted by Gasteiger charge is -2.11. The zero-order chi connectivity index (χ0) is 11.5. The van der Waals surface area contributed by atoms with Crippen LogP contribution in [-0.4, -0.2) is 38.9 Å². The fraction of sp³-hybridized carbons (Fsp3) is 0.909. The first-order chi connectivity index (χ1) is 7.22. The molecule has 90 valence electrons. The molecule has 0 aliphatic rings.